The molecule has 16 heteroatoms. The number of rotatable bonds is 19. The first-order valence-corrected chi connectivity index (χ1v) is 49.0. The monoisotopic (exact) mass is 1610 g/mol. The summed E-state index contributed by atoms with van der Waals surface area (Å²) in [5, 5.41) is 0. The smallest absolute Gasteiger partial charge is 0.0274 e. The minimum atomic E-state index is 0.363. The fraction of sp³-hybridized carbons (Fsp3) is 1.00. The van der Waals surface area contributed by atoms with Crippen LogP contribution in [-0.4, -0.2) is 381 Å². The molecule has 0 radical (unpaired) electrons. The molecule has 0 aromatic rings. The van der Waals surface area contributed by atoms with Gasteiger partial charge in [-0.05, 0) is 357 Å². The van der Waals surface area contributed by atoms with Crippen molar-refractivity contribution in [1.29, 1.82) is 0 Å². The largest absolute Gasteiger partial charge is 0.300 e. The lowest BCUT2D eigenvalue weighted by Crippen LogP contribution is -2.56. The highest BCUT2D eigenvalue weighted by atomic mass is 15.3. The van der Waals surface area contributed by atoms with Gasteiger partial charge in [-0.1, -0.05) is 48.5 Å². The third-order valence-electron chi connectivity index (χ3n) is 27.3. The lowest BCUT2D eigenvalue weighted by Gasteiger charge is -2.44. The van der Waals surface area contributed by atoms with E-state index >= 15 is 0 Å². The van der Waals surface area contributed by atoms with Gasteiger partial charge in [-0.2, -0.15) is 0 Å². The van der Waals surface area contributed by atoms with Crippen molar-refractivity contribution in [2.75, 3.05) is 170 Å². The van der Waals surface area contributed by atoms with Gasteiger partial charge in [0.25, 0.3) is 0 Å². The summed E-state index contributed by atoms with van der Waals surface area (Å²) >= 11 is 0. The van der Waals surface area contributed by atoms with E-state index in [-0.39, 0.29) is 0 Å². The van der Waals surface area contributed by atoms with Crippen LogP contribution in [0.2, 0.25) is 0 Å². The molecule has 114 heavy (non-hydrogen) atoms. The molecule has 0 bridgehead atoms. The normalized spacial score (nSPS) is 25.5. The van der Waals surface area contributed by atoms with Gasteiger partial charge in [0, 0.05) is 238 Å². The fourth-order valence-electron chi connectivity index (χ4n) is 19.1. The maximum atomic E-state index is 2.71. The zero-order valence-electron chi connectivity index (χ0n) is 85.3. The Morgan fingerprint density at radius 3 is 0.719 bits per heavy atom. The van der Waals surface area contributed by atoms with Gasteiger partial charge in [-0.25, -0.2) is 0 Å². The van der Waals surface area contributed by atoms with Crippen molar-refractivity contribution >= 4 is 0 Å². The Morgan fingerprint density at radius 2 is 0.421 bits per heavy atom. The average molecular weight is 1610 g/mol. The molecule has 0 spiro atoms. The minimum absolute atomic E-state index is 0.363. The highest BCUT2D eigenvalue weighted by Gasteiger charge is 2.37. The summed E-state index contributed by atoms with van der Waals surface area (Å²) in [5.41, 5.74) is 0.363. The molecule has 6 atom stereocenters. The van der Waals surface area contributed by atoms with E-state index in [2.05, 4.69) is 362 Å². The van der Waals surface area contributed by atoms with E-state index in [0.29, 0.717) is 102 Å². The molecular formula is C98H212N16. The van der Waals surface area contributed by atoms with Crippen molar-refractivity contribution in [3.63, 3.8) is 0 Å². The number of piperazine rings is 3. The standard InChI is InChI=1S/C15H32N2.C14H30N2.C13H28N2.2C12H26N2.2C11H24N2.C10H22N2/c1-12(2)16-9-8-10-17(13(3)4)14(11-16)15(5,6)7;1-11(2)14-10-15(12(3)4)8-7-9-16(14)13(5)6;1-6-13-10-14(11(2)3)8-7-9-15(13)12(4)5;1-10(2)13-7-6-8-14(11(3)4)12(5)9-13;1-6-12-9-13(10(2)3)7-8-14(12)11(4)5;1-9(2)12-6-7-13(10(3)4)11(5)8-12;1-10(2)12-6-5-7-13(9-8-12)11(3)4;1-9(2)11-5-7-12(8-6-11)10(3)4/h12-14H,8-11H2,1-7H3;11-14H,7-10H2,1-6H3;11-13H,6-10H2,1-5H3;2*10-12H,6-9H2,1-5H3;9-11H,6-8H2,1-5H3;10-11H,5-9H2,1-4H3;9-10H,5-8H2,1-4H3/t2*14-;13-;2*12-;11-;;/m001111../s1. The second kappa shape index (κ2) is 57.7. The lowest BCUT2D eigenvalue weighted by atomic mass is 9.84. The van der Waals surface area contributed by atoms with E-state index in [0.717, 1.165) is 42.2 Å². The molecule has 0 aromatic heterocycles. The van der Waals surface area contributed by atoms with Crippen molar-refractivity contribution in [3.8, 4) is 0 Å². The van der Waals surface area contributed by atoms with Crippen molar-refractivity contribution in [1.82, 2.24) is 78.4 Å². The van der Waals surface area contributed by atoms with Crippen molar-refractivity contribution in [2.24, 2.45) is 11.3 Å². The van der Waals surface area contributed by atoms with Gasteiger partial charge in [0.1, 0.15) is 0 Å². The van der Waals surface area contributed by atoms with E-state index in [1.165, 1.54) is 215 Å². The molecule has 0 saturated carbocycles. The molecule has 8 heterocycles. The molecule has 684 valence electrons. The van der Waals surface area contributed by atoms with Crippen LogP contribution >= 0.6 is 0 Å². The quantitative estimate of drug-likeness (QED) is 0.123. The van der Waals surface area contributed by atoms with Crippen molar-refractivity contribution < 1.29 is 0 Å². The van der Waals surface area contributed by atoms with Gasteiger partial charge >= 0.3 is 0 Å². The molecule has 0 aromatic carbocycles. The Balaban J connectivity index is 0.000000653. The maximum Gasteiger partial charge on any atom is 0.0274 e. The van der Waals surface area contributed by atoms with E-state index in [4.69, 9.17) is 0 Å². The molecule has 0 aliphatic carbocycles. The first kappa shape index (κ1) is 111. The van der Waals surface area contributed by atoms with Crippen LogP contribution in [-0.2, 0) is 0 Å². The third kappa shape index (κ3) is 41.7. The Morgan fingerprint density at radius 1 is 0.211 bits per heavy atom. The predicted octanol–water partition coefficient (Wildman–Crippen LogP) is 18.1. The van der Waals surface area contributed by atoms with Crippen LogP contribution in [0.15, 0.2) is 0 Å². The van der Waals surface area contributed by atoms with Crippen molar-refractivity contribution in [2.45, 2.75) is 462 Å². The summed E-state index contributed by atoms with van der Waals surface area (Å²) in [7, 11) is 0. The first-order chi connectivity index (χ1) is 53.0. The van der Waals surface area contributed by atoms with Crippen LogP contribution in [0.5, 0.6) is 0 Å². The zero-order chi connectivity index (χ0) is 87.4. The molecule has 8 rings (SSSR count). The summed E-state index contributed by atoms with van der Waals surface area (Å²) < 4.78 is 0. The van der Waals surface area contributed by atoms with Gasteiger partial charge in [-0.15, -0.1) is 0 Å². The summed E-state index contributed by atoms with van der Waals surface area (Å²) in [5.74, 6) is 0.752. The highest BCUT2D eigenvalue weighted by Crippen LogP contribution is 2.30. The summed E-state index contributed by atoms with van der Waals surface area (Å²) in [6, 6.07) is 15.5. The lowest BCUT2D eigenvalue weighted by molar-refractivity contribution is 0.0348. The molecule has 8 aliphatic rings. The molecular weight excluding hydrogens is 1400 g/mol. The fourth-order valence-corrected chi connectivity index (χ4v) is 19.1. The predicted molar refractivity (Wildman–Crippen MR) is 510 cm³/mol. The van der Waals surface area contributed by atoms with Gasteiger partial charge < -0.3 is 0 Å². The Labute approximate surface area is 717 Å². The van der Waals surface area contributed by atoms with E-state index < -0.39 is 0 Å². The Hall–Kier alpha value is -0.640. The van der Waals surface area contributed by atoms with Gasteiger partial charge in [-0.3, -0.25) is 78.4 Å². The van der Waals surface area contributed by atoms with Crippen LogP contribution in [0.4, 0.5) is 0 Å². The average Bonchev–Trinajstić information content (AvgIpc) is 1.42. The molecule has 16 nitrogen and oxygen atoms in total. The van der Waals surface area contributed by atoms with Gasteiger partial charge in [0.2, 0.25) is 0 Å². The second-order valence-corrected chi connectivity index (χ2v) is 42.3. The van der Waals surface area contributed by atoms with Gasteiger partial charge in [0.15, 0.2) is 0 Å². The van der Waals surface area contributed by atoms with Crippen LogP contribution in [0.3, 0.4) is 0 Å². The molecule has 0 amide bonds. The summed E-state index contributed by atoms with van der Waals surface area (Å²) in [4.78, 5) is 42.0. The molecule has 0 unspecified atom stereocenters. The molecule has 0 N–H and O–H groups in total. The Bertz CT molecular complexity index is 2240. The van der Waals surface area contributed by atoms with Crippen LogP contribution in [0.25, 0.3) is 0 Å². The van der Waals surface area contributed by atoms with Crippen LogP contribution in [0.1, 0.15) is 329 Å². The van der Waals surface area contributed by atoms with Gasteiger partial charge in [0.05, 0.1) is 0 Å². The zero-order valence-corrected chi connectivity index (χ0v) is 85.3. The van der Waals surface area contributed by atoms with E-state index in [9.17, 15) is 0 Å². The SMILES string of the molecule is CC(C)N1CCCN(C(C)C)CC1.CC(C)N1CCCN(C(C)C)[C@H](C(C)(C)C)C1.CC(C)N1CCCN(C(C)C)[C@H](C)C1.CC(C)N1CCN(C(C)C)CC1.CC(C)N1CCN(C(C)C)[C@H](C)C1.CC(C)[C@@H]1CN(C(C)C)CCCN1C(C)C.CC[C@@H]1CN(C(C)C)CCCN1C(C)C.CC[C@@H]1CN(C(C)C)CCN1C(C)C. The van der Waals surface area contributed by atoms with E-state index in [1.807, 2.05) is 0 Å². The second-order valence-electron chi connectivity index (χ2n) is 42.3. The minimum Gasteiger partial charge on any atom is -0.300 e. The Kier molecular flexibility index (Phi) is 56.4. The van der Waals surface area contributed by atoms with E-state index in [1.54, 1.807) is 0 Å². The van der Waals surface area contributed by atoms with Crippen LogP contribution in [0, 0.1) is 11.3 Å². The summed E-state index contributed by atoms with van der Waals surface area (Å²) in [6.45, 7) is 128. The van der Waals surface area contributed by atoms with Crippen LogP contribution < -0.4 is 0 Å². The molecule has 8 fully saturated rings. The third-order valence-corrected chi connectivity index (χ3v) is 27.3. The number of hydrogen-bond acceptors (Lipinski definition) is 16. The number of hydrogen-bond donors (Lipinski definition) is 0. The number of nitrogens with zero attached hydrogens (tertiary/aromatic N) is 16. The first-order valence-electron chi connectivity index (χ1n) is 49.0. The highest BCUT2D eigenvalue weighted by molar-refractivity contribution is 4.93. The topological polar surface area (TPSA) is 51.8 Å². The van der Waals surface area contributed by atoms with Crippen molar-refractivity contribution in [3.05, 3.63) is 0 Å². The molecule has 8 saturated heterocycles. The molecule has 8 aliphatic heterocycles. The summed E-state index contributed by atoms with van der Waals surface area (Å²) in [6.07, 6.45) is 9.16. The maximum absolute atomic E-state index is 2.71.